The lowest BCUT2D eigenvalue weighted by atomic mass is 10.2. The highest BCUT2D eigenvalue weighted by Crippen LogP contribution is 2.24. The summed E-state index contributed by atoms with van der Waals surface area (Å²) in [6.45, 7) is 4.50. The lowest BCUT2D eigenvalue weighted by Gasteiger charge is -2.21. The van der Waals surface area contributed by atoms with Gasteiger partial charge < -0.3 is 14.8 Å². The SMILES string of the molecule is COCCOCCCNCC1CCCCS1. The van der Waals surface area contributed by atoms with Crippen LogP contribution in [-0.2, 0) is 9.47 Å². The number of hydrogen-bond acceptors (Lipinski definition) is 4. The van der Waals surface area contributed by atoms with Crippen LogP contribution in [0.25, 0.3) is 0 Å². The Balaban J connectivity index is 1.77. The van der Waals surface area contributed by atoms with Crippen LogP contribution in [0, 0.1) is 0 Å². The smallest absolute Gasteiger partial charge is 0.0700 e. The average molecular weight is 247 g/mol. The second-order valence-electron chi connectivity index (χ2n) is 4.15. The zero-order valence-corrected chi connectivity index (χ0v) is 11.2. The molecule has 0 radical (unpaired) electrons. The van der Waals surface area contributed by atoms with Crippen molar-refractivity contribution >= 4 is 11.8 Å². The van der Waals surface area contributed by atoms with Crippen molar-refractivity contribution in [3.05, 3.63) is 0 Å². The minimum atomic E-state index is 0.701. The van der Waals surface area contributed by atoms with Crippen LogP contribution in [0.5, 0.6) is 0 Å². The molecule has 1 rings (SSSR count). The monoisotopic (exact) mass is 247 g/mol. The van der Waals surface area contributed by atoms with E-state index in [-0.39, 0.29) is 0 Å². The molecular formula is C12H25NO2S. The zero-order valence-electron chi connectivity index (χ0n) is 10.4. The lowest BCUT2D eigenvalue weighted by molar-refractivity contribution is 0.0695. The molecule has 1 heterocycles. The highest BCUT2D eigenvalue weighted by atomic mass is 32.2. The third kappa shape index (κ3) is 7.49. The molecule has 1 unspecified atom stereocenters. The molecule has 0 aliphatic carbocycles. The molecule has 0 spiro atoms. The molecule has 96 valence electrons. The molecule has 0 bridgehead atoms. The summed E-state index contributed by atoms with van der Waals surface area (Å²) in [5.74, 6) is 1.35. The Morgan fingerprint density at radius 3 is 2.94 bits per heavy atom. The van der Waals surface area contributed by atoms with Gasteiger partial charge in [0.15, 0.2) is 0 Å². The number of nitrogens with one attached hydrogen (secondary N) is 1. The summed E-state index contributed by atoms with van der Waals surface area (Å²) in [6, 6.07) is 0. The third-order valence-electron chi connectivity index (χ3n) is 2.72. The predicted molar refractivity (Wildman–Crippen MR) is 70.3 cm³/mol. The van der Waals surface area contributed by atoms with Crippen LogP contribution in [0.2, 0.25) is 0 Å². The van der Waals surface area contributed by atoms with Gasteiger partial charge in [-0.15, -0.1) is 0 Å². The van der Waals surface area contributed by atoms with Crippen molar-refractivity contribution in [2.75, 3.05) is 45.8 Å². The molecule has 1 fully saturated rings. The molecule has 0 saturated carbocycles. The van der Waals surface area contributed by atoms with Gasteiger partial charge in [-0.05, 0) is 31.6 Å². The van der Waals surface area contributed by atoms with Crippen molar-refractivity contribution in [1.29, 1.82) is 0 Å². The van der Waals surface area contributed by atoms with Gasteiger partial charge in [0, 0.05) is 25.5 Å². The molecule has 0 aromatic carbocycles. The van der Waals surface area contributed by atoms with E-state index in [0.717, 1.165) is 31.4 Å². The Hall–Kier alpha value is 0.230. The van der Waals surface area contributed by atoms with E-state index in [9.17, 15) is 0 Å². The normalized spacial score (nSPS) is 21.2. The van der Waals surface area contributed by atoms with Gasteiger partial charge in [-0.1, -0.05) is 6.42 Å². The second-order valence-corrected chi connectivity index (χ2v) is 5.56. The van der Waals surface area contributed by atoms with Crippen LogP contribution in [0.1, 0.15) is 25.7 Å². The first-order valence-corrected chi connectivity index (χ1v) is 7.37. The van der Waals surface area contributed by atoms with E-state index in [1.807, 2.05) is 0 Å². The molecule has 4 heteroatoms. The van der Waals surface area contributed by atoms with Gasteiger partial charge in [-0.2, -0.15) is 11.8 Å². The predicted octanol–water partition coefficient (Wildman–Crippen LogP) is 1.91. The third-order valence-corrected chi connectivity index (χ3v) is 4.12. The Labute approximate surface area is 104 Å². The van der Waals surface area contributed by atoms with Crippen molar-refractivity contribution in [1.82, 2.24) is 5.32 Å². The van der Waals surface area contributed by atoms with E-state index in [1.54, 1.807) is 7.11 Å². The topological polar surface area (TPSA) is 30.5 Å². The molecule has 1 atom stereocenters. The first-order valence-electron chi connectivity index (χ1n) is 6.32. The van der Waals surface area contributed by atoms with Gasteiger partial charge in [-0.25, -0.2) is 0 Å². The van der Waals surface area contributed by atoms with Gasteiger partial charge in [0.25, 0.3) is 0 Å². The summed E-state index contributed by atoms with van der Waals surface area (Å²) in [7, 11) is 1.70. The Kier molecular flexibility index (Phi) is 9.28. The first kappa shape index (κ1) is 14.3. The van der Waals surface area contributed by atoms with Gasteiger partial charge >= 0.3 is 0 Å². The molecule has 0 aromatic heterocycles. The van der Waals surface area contributed by atoms with Gasteiger partial charge in [-0.3, -0.25) is 0 Å². The van der Waals surface area contributed by atoms with Gasteiger partial charge in [0.1, 0.15) is 0 Å². The van der Waals surface area contributed by atoms with Gasteiger partial charge in [0.05, 0.1) is 13.2 Å². The highest BCUT2D eigenvalue weighted by molar-refractivity contribution is 7.99. The number of methoxy groups -OCH3 is 1. The van der Waals surface area contributed by atoms with E-state index in [1.165, 1.54) is 31.6 Å². The molecule has 1 aliphatic rings. The van der Waals surface area contributed by atoms with Crippen molar-refractivity contribution in [2.24, 2.45) is 0 Å². The van der Waals surface area contributed by atoms with Crippen molar-refractivity contribution in [3.63, 3.8) is 0 Å². The van der Waals surface area contributed by atoms with Crippen LogP contribution in [0.3, 0.4) is 0 Å². The average Bonchev–Trinajstić information content (AvgIpc) is 2.34. The maximum atomic E-state index is 5.40. The van der Waals surface area contributed by atoms with E-state index in [4.69, 9.17) is 9.47 Å². The summed E-state index contributed by atoms with van der Waals surface area (Å²) in [6.07, 6.45) is 5.32. The zero-order chi connectivity index (χ0) is 11.5. The van der Waals surface area contributed by atoms with Crippen LogP contribution in [0.4, 0.5) is 0 Å². The fraction of sp³-hybridized carbons (Fsp3) is 1.00. The van der Waals surface area contributed by atoms with E-state index in [2.05, 4.69) is 17.1 Å². The molecular weight excluding hydrogens is 222 g/mol. The molecule has 3 nitrogen and oxygen atoms in total. The number of hydrogen-bond donors (Lipinski definition) is 1. The maximum Gasteiger partial charge on any atom is 0.0700 e. The molecule has 16 heavy (non-hydrogen) atoms. The van der Waals surface area contributed by atoms with Crippen molar-refractivity contribution < 1.29 is 9.47 Å². The Morgan fingerprint density at radius 2 is 2.19 bits per heavy atom. The van der Waals surface area contributed by atoms with E-state index >= 15 is 0 Å². The molecule has 1 saturated heterocycles. The van der Waals surface area contributed by atoms with E-state index in [0.29, 0.717) is 6.61 Å². The Morgan fingerprint density at radius 1 is 1.25 bits per heavy atom. The fourth-order valence-corrected chi connectivity index (χ4v) is 3.05. The van der Waals surface area contributed by atoms with Crippen molar-refractivity contribution in [3.8, 4) is 0 Å². The van der Waals surface area contributed by atoms with Crippen LogP contribution < -0.4 is 5.32 Å². The lowest BCUT2D eigenvalue weighted by Crippen LogP contribution is -2.28. The number of rotatable bonds is 9. The summed E-state index contributed by atoms with van der Waals surface area (Å²) in [4.78, 5) is 0. The van der Waals surface area contributed by atoms with Crippen LogP contribution in [-0.4, -0.2) is 51.0 Å². The van der Waals surface area contributed by atoms with Crippen LogP contribution in [0.15, 0.2) is 0 Å². The van der Waals surface area contributed by atoms with Crippen molar-refractivity contribution in [2.45, 2.75) is 30.9 Å². The van der Waals surface area contributed by atoms with Gasteiger partial charge in [0.2, 0.25) is 0 Å². The maximum absolute atomic E-state index is 5.40. The minimum Gasteiger partial charge on any atom is -0.382 e. The summed E-state index contributed by atoms with van der Waals surface area (Å²) < 4.78 is 10.3. The highest BCUT2D eigenvalue weighted by Gasteiger charge is 2.12. The summed E-state index contributed by atoms with van der Waals surface area (Å²) in [5.41, 5.74) is 0. The minimum absolute atomic E-state index is 0.701. The summed E-state index contributed by atoms with van der Waals surface area (Å²) in [5, 5.41) is 4.36. The number of thioether (sulfide) groups is 1. The van der Waals surface area contributed by atoms with E-state index < -0.39 is 0 Å². The Bertz CT molecular complexity index is 152. The largest absolute Gasteiger partial charge is 0.382 e. The number of ether oxygens (including phenoxy) is 2. The quantitative estimate of drug-likeness (QED) is 0.631. The molecule has 0 aromatic rings. The molecule has 1 N–H and O–H groups in total. The molecule has 1 aliphatic heterocycles. The fourth-order valence-electron chi connectivity index (χ4n) is 1.77. The second kappa shape index (κ2) is 10.4. The first-order chi connectivity index (χ1) is 7.93. The summed E-state index contributed by atoms with van der Waals surface area (Å²) >= 11 is 2.13. The standard InChI is InChI=1S/C12H25NO2S/c1-14-8-9-15-7-4-6-13-11-12-5-2-3-10-16-12/h12-13H,2-11H2,1H3. The van der Waals surface area contributed by atoms with Crippen LogP contribution >= 0.6 is 11.8 Å². The molecule has 0 amide bonds.